The highest BCUT2D eigenvalue weighted by atomic mass is 35.5. The highest BCUT2D eigenvalue weighted by molar-refractivity contribution is 6.30. The highest BCUT2D eigenvalue weighted by Gasteiger charge is 2.50. The van der Waals surface area contributed by atoms with E-state index in [0.29, 0.717) is 16.9 Å². The lowest BCUT2D eigenvalue weighted by Crippen LogP contribution is -2.60. The van der Waals surface area contributed by atoms with E-state index in [2.05, 4.69) is 10.2 Å². The number of amides is 1. The quantitative estimate of drug-likeness (QED) is 0.908. The lowest BCUT2D eigenvalue weighted by atomic mass is 9.61. The van der Waals surface area contributed by atoms with Crippen LogP contribution in [-0.2, 0) is 4.79 Å². The molecule has 0 aromatic heterocycles. The summed E-state index contributed by atoms with van der Waals surface area (Å²) in [7, 11) is 0. The predicted octanol–water partition coefficient (Wildman–Crippen LogP) is 2.87. The summed E-state index contributed by atoms with van der Waals surface area (Å²) in [6.07, 6.45) is 2.48. The molecule has 3 aliphatic heterocycles. The van der Waals surface area contributed by atoms with Crippen molar-refractivity contribution < 1.29 is 4.79 Å². The number of nitrogens with one attached hydrogen (secondary N) is 1. The summed E-state index contributed by atoms with van der Waals surface area (Å²) in [5.41, 5.74) is 0.855. The van der Waals surface area contributed by atoms with Crippen LogP contribution >= 0.6 is 11.6 Å². The molecule has 1 amide bonds. The van der Waals surface area contributed by atoms with Crippen molar-refractivity contribution in [2.24, 2.45) is 23.7 Å². The van der Waals surface area contributed by atoms with Gasteiger partial charge < -0.3 is 10.2 Å². The topological polar surface area (TPSA) is 32.3 Å². The Kier molecular flexibility index (Phi) is 3.00. The molecule has 3 nitrogen and oxygen atoms in total. The molecule has 0 spiro atoms. The van der Waals surface area contributed by atoms with Crippen LogP contribution in [-0.4, -0.2) is 30.4 Å². The van der Waals surface area contributed by atoms with Gasteiger partial charge in [-0.3, -0.25) is 4.79 Å². The lowest BCUT2D eigenvalue weighted by Gasteiger charge is -2.55. The summed E-state index contributed by atoms with van der Waals surface area (Å²) in [6.45, 7) is 3.50. The molecule has 4 bridgehead atoms. The van der Waals surface area contributed by atoms with Crippen molar-refractivity contribution in [1.29, 1.82) is 0 Å². The first-order valence-electron chi connectivity index (χ1n) is 7.48. The van der Waals surface area contributed by atoms with Gasteiger partial charge in [-0.15, -0.1) is 0 Å². The molecule has 0 radical (unpaired) electrons. The van der Waals surface area contributed by atoms with E-state index in [1.807, 2.05) is 24.3 Å². The first kappa shape index (κ1) is 12.7. The van der Waals surface area contributed by atoms with Gasteiger partial charge in [0.1, 0.15) is 0 Å². The fourth-order valence-corrected chi connectivity index (χ4v) is 4.72. The van der Waals surface area contributed by atoms with Crippen LogP contribution in [0.3, 0.4) is 0 Å². The molecule has 1 aliphatic carbocycles. The third-order valence-corrected chi connectivity index (χ3v) is 5.46. The molecule has 3 saturated heterocycles. The molecule has 1 saturated carbocycles. The molecule has 20 heavy (non-hydrogen) atoms. The summed E-state index contributed by atoms with van der Waals surface area (Å²) >= 11 is 5.88. The number of rotatable bonds is 2. The summed E-state index contributed by atoms with van der Waals surface area (Å²) < 4.78 is 0. The minimum atomic E-state index is 0.207. The number of halogens is 1. The van der Waals surface area contributed by atoms with Crippen molar-refractivity contribution in [2.45, 2.75) is 12.8 Å². The predicted molar refractivity (Wildman–Crippen MR) is 79.7 cm³/mol. The van der Waals surface area contributed by atoms with Gasteiger partial charge in [0.2, 0.25) is 5.91 Å². The molecule has 1 N–H and O–H groups in total. The summed E-state index contributed by atoms with van der Waals surface area (Å²) in [5.74, 6) is 2.38. The first-order valence-corrected chi connectivity index (χ1v) is 7.85. The van der Waals surface area contributed by atoms with Crippen molar-refractivity contribution >= 4 is 23.2 Å². The van der Waals surface area contributed by atoms with Gasteiger partial charge in [0.05, 0.1) is 0 Å². The van der Waals surface area contributed by atoms with Gasteiger partial charge in [0.15, 0.2) is 0 Å². The van der Waals surface area contributed by atoms with Crippen LogP contribution in [0.1, 0.15) is 12.8 Å². The van der Waals surface area contributed by atoms with E-state index >= 15 is 0 Å². The van der Waals surface area contributed by atoms with Crippen molar-refractivity contribution in [2.75, 3.05) is 25.0 Å². The SMILES string of the molecule is O=C(Nc1ccc(Cl)cc1)C1[C@H]2CC3C[C@H]1CN(C3)C2. The minimum absolute atomic E-state index is 0.207. The van der Waals surface area contributed by atoms with Crippen molar-refractivity contribution in [3.8, 4) is 0 Å². The standard InChI is InChI=1S/C16H19ClN2O/c17-13-1-3-14(4-2-13)18-16(20)15-11-5-10-6-12(15)9-19(7-10)8-11/h1-4,10-12,15H,5-9H2,(H,18,20)/t10?,11-,12-,15?/m0/s1. The van der Waals surface area contributed by atoms with Gasteiger partial charge in [-0.05, 0) is 54.9 Å². The average Bonchev–Trinajstić information content (AvgIpc) is 2.40. The molecule has 1 aromatic rings. The van der Waals surface area contributed by atoms with Crippen molar-refractivity contribution in [3.05, 3.63) is 29.3 Å². The minimum Gasteiger partial charge on any atom is -0.326 e. The number of benzene rings is 1. The fraction of sp³-hybridized carbons (Fsp3) is 0.562. The van der Waals surface area contributed by atoms with Gasteiger partial charge in [-0.1, -0.05) is 11.6 Å². The Morgan fingerprint density at radius 2 is 1.75 bits per heavy atom. The number of carbonyl (C=O) groups is 1. The van der Waals surface area contributed by atoms with E-state index in [9.17, 15) is 4.79 Å². The third-order valence-electron chi connectivity index (χ3n) is 5.20. The molecule has 4 heteroatoms. The molecular weight excluding hydrogens is 272 g/mol. The molecule has 4 aliphatic rings. The number of hydrogen-bond donors (Lipinski definition) is 1. The molecule has 0 unspecified atom stereocenters. The van der Waals surface area contributed by atoms with Crippen LogP contribution in [0.4, 0.5) is 5.69 Å². The fourth-order valence-electron chi connectivity index (χ4n) is 4.59. The molecule has 106 valence electrons. The maximum absolute atomic E-state index is 12.6. The Bertz CT molecular complexity index is 500. The second-order valence-electron chi connectivity index (χ2n) is 6.60. The Labute approximate surface area is 124 Å². The van der Waals surface area contributed by atoms with Crippen molar-refractivity contribution in [3.63, 3.8) is 0 Å². The lowest BCUT2D eigenvalue weighted by molar-refractivity contribution is -0.135. The van der Waals surface area contributed by atoms with Gasteiger partial charge in [-0.25, -0.2) is 0 Å². The Balaban J connectivity index is 1.50. The van der Waals surface area contributed by atoms with E-state index in [0.717, 1.165) is 24.7 Å². The molecule has 4 fully saturated rings. The normalized spacial score (nSPS) is 38.0. The molecule has 1 aromatic carbocycles. The smallest absolute Gasteiger partial charge is 0.228 e. The van der Waals surface area contributed by atoms with Gasteiger partial charge in [0, 0.05) is 36.3 Å². The van der Waals surface area contributed by atoms with Crippen molar-refractivity contribution in [1.82, 2.24) is 4.90 Å². The number of hydrogen-bond acceptors (Lipinski definition) is 2. The van der Waals surface area contributed by atoms with E-state index in [1.54, 1.807) is 0 Å². The first-order chi connectivity index (χ1) is 9.69. The van der Waals surface area contributed by atoms with E-state index < -0.39 is 0 Å². The summed E-state index contributed by atoms with van der Waals surface area (Å²) in [4.78, 5) is 15.2. The van der Waals surface area contributed by atoms with Crippen LogP contribution in [0.25, 0.3) is 0 Å². The highest BCUT2D eigenvalue weighted by Crippen LogP contribution is 2.47. The molecular formula is C16H19ClN2O. The number of anilines is 1. The summed E-state index contributed by atoms with van der Waals surface area (Å²) in [6, 6.07) is 7.39. The monoisotopic (exact) mass is 290 g/mol. The van der Waals surface area contributed by atoms with E-state index in [1.165, 1.54) is 19.4 Å². The van der Waals surface area contributed by atoms with Gasteiger partial charge in [-0.2, -0.15) is 0 Å². The maximum Gasteiger partial charge on any atom is 0.228 e. The number of nitrogens with zero attached hydrogens (tertiary/aromatic N) is 1. The zero-order chi connectivity index (χ0) is 13.7. The molecule has 3 heterocycles. The van der Waals surface area contributed by atoms with Crippen LogP contribution in [0, 0.1) is 23.7 Å². The molecule has 5 rings (SSSR count). The second kappa shape index (κ2) is 4.74. The number of carbonyl (C=O) groups excluding carboxylic acids is 1. The van der Waals surface area contributed by atoms with E-state index in [-0.39, 0.29) is 11.8 Å². The Morgan fingerprint density at radius 3 is 2.35 bits per heavy atom. The zero-order valence-electron chi connectivity index (χ0n) is 11.4. The maximum atomic E-state index is 12.6. The number of piperidine rings is 3. The zero-order valence-corrected chi connectivity index (χ0v) is 12.1. The van der Waals surface area contributed by atoms with Gasteiger partial charge >= 0.3 is 0 Å². The molecule has 2 atom stereocenters. The second-order valence-corrected chi connectivity index (χ2v) is 7.03. The Hall–Kier alpha value is -1.06. The van der Waals surface area contributed by atoms with Gasteiger partial charge in [0.25, 0.3) is 0 Å². The largest absolute Gasteiger partial charge is 0.326 e. The van der Waals surface area contributed by atoms with Crippen LogP contribution < -0.4 is 5.32 Å². The average molecular weight is 291 g/mol. The Morgan fingerprint density at radius 1 is 1.10 bits per heavy atom. The van der Waals surface area contributed by atoms with E-state index in [4.69, 9.17) is 11.6 Å². The summed E-state index contributed by atoms with van der Waals surface area (Å²) in [5, 5.41) is 3.78. The third kappa shape index (κ3) is 2.13. The van der Waals surface area contributed by atoms with Crippen LogP contribution in [0.2, 0.25) is 5.02 Å². The van der Waals surface area contributed by atoms with Crippen LogP contribution in [0.15, 0.2) is 24.3 Å². The van der Waals surface area contributed by atoms with Crippen LogP contribution in [0.5, 0.6) is 0 Å².